The highest BCUT2D eigenvalue weighted by Crippen LogP contribution is 2.32. The topological polar surface area (TPSA) is 111 Å². The summed E-state index contributed by atoms with van der Waals surface area (Å²) < 4.78 is 7.98. The number of fused-ring (bicyclic) bond motifs is 1. The van der Waals surface area contributed by atoms with E-state index >= 15 is 0 Å². The van der Waals surface area contributed by atoms with Crippen LogP contribution in [0.25, 0.3) is 22.3 Å². The van der Waals surface area contributed by atoms with Crippen molar-refractivity contribution in [3.8, 4) is 11.3 Å². The Balaban J connectivity index is 1.84. The van der Waals surface area contributed by atoms with Crippen molar-refractivity contribution in [2.75, 3.05) is 12.4 Å². The molecule has 0 unspecified atom stereocenters. The summed E-state index contributed by atoms with van der Waals surface area (Å²) in [6.45, 7) is 5.57. The van der Waals surface area contributed by atoms with Crippen molar-refractivity contribution in [2.45, 2.75) is 26.8 Å². The first kappa shape index (κ1) is 23.5. The molecule has 0 aliphatic rings. The van der Waals surface area contributed by atoms with E-state index in [1.54, 1.807) is 43.2 Å². The van der Waals surface area contributed by atoms with Crippen molar-refractivity contribution in [2.24, 2.45) is 7.05 Å². The molecule has 4 aromatic rings. The zero-order chi connectivity index (χ0) is 24.6. The second-order valence-corrected chi connectivity index (χ2v) is 8.44. The molecule has 0 radical (unpaired) electrons. The predicted octanol–water partition coefficient (Wildman–Crippen LogP) is 4.32. The monoisotopic (exact) mass is 481 g/mol. The number of anilines is 1. The van der Waals surface area contributed by atoms with Crippen LogP contribution in [0.4, 0.5) is 5.69 Å². The van der Waals surface area contributed by atoms with Gasteiger partial charge in [-0.25, -0.2) is 10.5 Å². The highest BCUT2D eigenvalue weighted by atomic mass is 35.5. The number of hydrogen-bond donors (Lipinski definition) is 2. The number of carbonyl (C=O) groups excluding carboxylic acids is 1. The van der Waals surface area contributed by atoms with E-state index in [0.717, 1.165) is 11.1 Å². The van der Waals surface area contributed by atoms with E-state index < -0.39 is 5.91 Å². The van der Waals surface area contributed by atoms with Crippen molar-refractivity contribution < 1.29 is 14.0 Å². The number of aryl methyl sites for hydroxylation is 2. The summed E-state index contributed by atoms with van der Waals surface area (Å²) in [6, 6.07) is 6.66. The van der Waals surface area contributed by atoms with Gasteiger partial charge in [0.15, 0.2) is 11.1 Å². The normalized spacial score (nSPS) is 12.1. The van der Waals surface area contributed by atoms with Gasteiger partial charge in [0.2, 0.25) is 0 Å². The Morgan fingerprint density at radius 1 is 1.26 bits per heavy atom. The van der Waals surface area contributed by atoms with Gasteiger partial charge < -0.3 is 9.73 Å². The van der Waals surface area contributed by atoms with Crippen LogP contribution in [-0.4, -0.2) is 27.8 Å². The summed E-state index contributed by atoms with van der Waals surface area (Å²) in [5.41, 5.74) is 6.02. The molecule has 34 heavy (non-hydrogen) atoms. The molecule has 0 bridgehead atoms. The van der Waals surface area contributed by atoms with Crippen LogP contribution in [0, 0.1) is 13.8 Å². The number of rotatable bonds is 6. The molecule has 0 saturated carbocycles. The average molecular weight is 482 g/mol. The van der Waals surface area contributed by atoms with E-state index in [1.165, 1.54) is 7.11 Å². The van der Waals surface area contributed by atoms with Gasteiger partial charge in [-0.1, -0.05) is 17.7 Å². The third kappa shape index (κ3) is 4.40. The minimum atomic E-state index is -0.546. The Morgan fingerprint density at radius 3 is 2.71 bits per heavy atom. The number of hydroxylamine groups is 1. The molecule has 1 amide bonds. The van der Waals surface area contributed by atoms with Gasteiger partial charge in [0, 0.05) is 24.4 Å². The average Bonchev–Trinajstić information content (AvgIpc) is 3.23. The fourth-order valence-electron chi connectivity index (χ4n) is 3.88. The van der Waals surface area contributed by atoms with Crippen LogP contribution < -0.4 is 16.2 Å². The molecule has 4 rings (SSSR count). The lowest BCUT2D eigenvalue weighted by Gasteiger charge is -2.20. The van der Waals surface area contributed by atoms with Crippen LogP contribution in [0.2, 0.25) is 5.15 Å². The van der Waals surface area contributed by atoms with Crippen LogP contribution in [0.15, 0.2) is 45.9 Å². The molecule has 0 spiro atoms. The highest BCUT2D eigenvalue weighted by molar-refractivity contribution is 6.29. The molecular formula is C24H24ClN5O4. The van der Waals surface area contributed by atoms with Gasteiger partial charge >= 0.3 is 0 Å². The maximum Gasteiger partial charge on any atom is 0.295 e. The van der Waals surface area contributed by atoms with Gasteiger partial charge in [0.05, 0.1) is 36.0 Å². The standard InChI is InChI=1S/C24H24ClN5O4/c1-12-8-16(14(3)27-18-6-7-19(25)28-20(18)24(32)29-33-5)23-17(9-12)21(31)13(2)22(34-23)15-10-26-30(4)11-15/h6-11,14,27H,1-5H3,(H,29,32)/t14-/m1/s1. The summed E-state index contributed by atoms with van der Waals surface area (Å²) in [5, 5.41) is 8.15. The van der Waals surface area contributed by atoms with Crippen LogP contribution in [0.1, 0.15) is 40.1 Å². The first-order valence-electron chi connectivity index (χ1n) is 10.5. The molecule has 10 heteroatoms. The highest BCUT2D eigenvalue weighted by Gasteiger charge is 2.21. The largest absolute Gasteiger partial charge is 0.455 e. The summed E-state index contributed by atoms with van der Waals surface area (Å²) in [7, 11) is 3.14. The second-order valence-electron chi connectivity index (χ2n) is 8.05. The molecular weight excluding hydrogens is 458 g/mol. The van der Waals surface area contributed by atoms with Crippen molar-refractivity contribution in [3.05, 3.63) is 74.4 Å². The minimum Gasteiger partial charge on any atom is -0.455 e. The number of nitrogens with zero attached hydrogens (tertiary/aromatic N) is 3. The third-order valence-electron chi connectivity index (χ3n) is 5.47. The van der Waals surface area contributed by atoms with Gasteiger partial charge in [-0.3, -0.25) is 19.1 Å². The van der Waals surface area contributed by atoms with Crippen molar-refractivity contribution >= 4 is 34.2 Å². The lowest BCUT2D eigenvalue weighted by molar-refractivity contribution is 0.0533. The molecule has 0 saturated heterocycles. The summed E-state index contributed by atoms with van der Waals surface area (Å²) in [4.78, 5) is 34.5. The number of hydrogen-bond acceptors (Lipinski definition) is 7. The first-order chi connectivity index (χ1) is 16.2. The minimum absolute atomic E-state index is 0.0755. The van der Waals surface area contributed by atoms with E-state index in [0.29, 0.717) is 33.5 Å². The van der Waals surface area contributed by atoms with Gasteiger partial charge in [-0.05, 0) is 44.5 Å². The van der Waals surface area contributed by atoms with Crippen molar-refractivity contribution in [1.82, 2.24) is 20.2 Å². The molecule has 3 heterocycles. The lowest BCUT2D eigenvalue weighted by Crippen LogP contribution is -2.25. The number of nitrogens with one attached hydrogen (secondary N) is 2. The quantitative estimate of drug-likeness (QED) is 0.311. The van der Waals surface area contributed by atoms with Gasteiger partial charge in [0.1, 0.15) is 16.5 Å². The van der Waals surface area contributed by atoms with Crippen LogP contribution >= 0.6 is 11.6 Å². The van der Waals surface area contributed by atoms with Crippen LogP contribution in [0.3, 0.4) is 0 Å². The van der Waals surface area contributed by atoms with Gasteiger partial charge in [-0.2, -0.15) is 5.10 Å². The molecule has 1 atom stereocenters. The number of benzene rings is 1. The van der Waals surface area contributed by atoms with Gasteiger partial charge in [0.25, 0.3) is 5.91 Å². The maximum absolute atomic E-state index is 13.3. The zero-order valence-corrected chi connectivity index (χ0v) is 20.1. The fourth-order valence-corrected chi connectivity index (χ4v) is 4.03. The second kappa shape index (κ2) is 9.28. The summed E-state index contributed by atoms with van der Waals surface area (Å²) in [6.07, 6.45) is 3.46. The molecule has 2 N–H and O–H groups in total. The Bertz CT molecular complexity index is 1460. The van der Waals surface area contributed by atoms with E-state index in [4.69, 9.17) is 20.9 Å². The van der Waals surface area contributed by atoms with Gasteiger partial charge in [-0.15, -0.1) is 0 Å². The smallest absolute Gasteiger partial charge is 0.295 e. The SMILES string of the molecule is CONC(=O)c1nc(Cl)ccc1N[C@H](C)c1cc(C)cc2c(=O)c(C)c(-c3cnn(C)c3)oc12. The Morgan fingerprint density at radius 2 is 2.03 bits per heavy atom. The first-order valence-corrected chi connectivity index (χ1v) is 10.9. The Hall–Kier alpha value is -3.69. The summed E-state index contributed by atoms with van der Waals surface area (Å²) >= 11 is 6.01. The molecule has 0 aliphatic carbocycles. The van der Waals surface area contributed by atoms with Crippen molar-refractivity contribution in [3.63, 3.8) is 0 Å². The van der Waals surface area contributed by atoms with Crippen molar-refractivity contribution in [1.29, 1.82) is 0 Å². The number of pyridine rings is 1. The molecule has 0 fully saturated rings. The number of amides is 1. The van der Waals surface area contributed by atoms with E-state index in [9.17, 15) is 9.59 Å². The van der Waals surface area contributed by atoms with E-state index in [1.807, 2.05) is 26.0 Å². The molecule has 3 aromatic heterocycles. The zero-order valence-electron chi connectivity index (χ0n) is 19.4. The molecule has 176 valence electrons. The van der Waals surface area contributed by atoms with Crippen LogP contribution in [-0.2, 0) is 11.9 Å². The number of aromatic nitrogens is 3. The molecule has 1 aromatic carbocycles. The van der Waals surface area contributed by atoms with E-state index in [2.05, 4.69) is 20.9 Å². The predicted molar refractivity (Wildman–Crippen MR) is 130 cm³/mol. The van der Waals surface area contributed by atoms with Crippen LogP contribution in [0.5, 0.6) is 0 Å². The third-order valence-corrected chi connectivity index (χ3v) is 5.68. The number of halogens is 1. The molecule has 9 nitrogen and oxygen atoms in total. The maximum atomic E-state index is 13.3. The Kier molecular flexibility index (Phi) is 6.41. The summed E-state index contributed by atoms with van der Waals surface area (Å²) in [5.74, 6) is -0.0777. The lowest BCUT2D eigenvalue weighted by atomic mass is 9.99. The fraction of sp³-hybridized carbons (Fsp3) is 0.250. The molecule has 0 aliphatic heterocycles. The Labute approximate surface area is 200 Å². The number of carbonyl (C=O) groups is 1. The van der Waals surface area contributed by atoms with E-state index in [-0.39, 0.29) is 22.3 Å².